The third-order valence-electron chi connectivity index (χ3n) is 2.71. The summed E-state index contributed by atoms with van der Waals surface area (Å²) in [7, 11) is 1.72. The molecule has 0 aliphatic rings. The van der Waals surface area contributed by atoms with E-state index in [-0.39, 0.29) is 0 Å². The average Bonchev–Trinajstić information content (AvgIpc) is 3.01. The lowest BCUT2D eigenvalue weighted by atomic mass is 10.4. The van der Waals surface area contributed by atoms with Gasteiger partial charge in [-0.15, -0.1) is 0 Å². The predicted octanol–water partition coefficient (Wildman–Crippen LogP) is 0.880. The van der Waals surface area contributed by atoms with Crippen LogP contribution in [0.15, 0.2) is 21.7 Å². The van der Waals surface area contributed by atoms with Crippen LogP contribution in [0.3, 0.4) is 0 Å². The second-order valence-electron chi connectivity index (χ2n) is 4.11. The van der Waals surface area contributed by atoms with Crippen LogP contribution in [0.25, 0.3) is 0 Å². The van der Waals surface area contributed by atoms with Crippen LogP contribution >= 0.6 is 0 Å². The van der Waals surface area contributed by atoms with E-state index >= 15 is 0 Å². The highest BCUT2D eigenvalue weighted by atomic mass is 16.4. The second-order valence-corrected chi connectivity index (χ2v) is 4.11. The third-order valence-corrected chi connectivity index (χ3v) is 2.71. The van der Waals surface area contributed by atoms with Gasteiger partial charge in [0.15, 0.2) is 5.96 Å². The van der Waals surface area contributed by atoms with Gasteiger partial charge in [0.05, 0.1) is 24.5 Å². The van der Waals surface area contributed by atoms with Gasteiger partial charge in [0.1, 0.15) is 5.76 Å². The molecule has 2 rings (SSSR count). The Kier molecular flexibility index (Phi) is 4.17. The fraction of sp³-hybridized carbons (Fsp3) is 0.417. The summed E-state index contributed by atoms with van der Waals surface area (Å²) < 4.78 is 5.49. The highest BCUT2D eigenvalue weighted by molar-refractivity contribution is 5.79. The molecule has 0 aliphatic heterocycles. The molecule has 0 aromatic carbocycles. The maximum absolute atomic E-state index is 5.49. The average molecular weight is 262 g/mol. The van der Waals surface area contributed by atoms with Crippen LogP contribution in [0.5, 0.6) is 0 Å². The van der Waals surface area contributed by atoms with Crippen molar-refractivity contribution >= 4 is 5.96 Å². The summed E-state index contributed by atoms with van der Waals surface area (Å²) in [6.07, 6.45) is 1.71. The lowest BCUT2D eigenvalue weighted by molar-refractivity contribution is 0.463. The number of aromatic nitrogens is 3. The Labute approximate surface area is 111 Å². The molecule has 0 radical (unpaired) electrons. The van der Waals surface area contributed by atoms with Crippen LogP contribution < -0.4 is 10.6 Å². The molecule has 0 unspecified atom stereocenters. The van der Waals surface area contributed by atoms with Crippen molar-refractivity contribution in [3.63, 3.8) is 0 Å². The first-order valence-electron chi connectivity index (χ1n) is 6.04. The molecule has 0 fully saturated rings. The van der Waals surface area contributed by atoms with Crippen molar-refractivity contribution in [3.8, 4) is 0 Å². The van der Waals surface area contributed by atoms with E-state index in [9.17, 15) is 0 Å². The number of H-pyrrole nitrogens is 1. The Hall–Kier alpha value is -2.31. The quantitative estimate of drug-likeness (QED) is 0.562. The molecule has 0 amide bonds. The number of nitrogens with one attached hydrogen (secondary N) is 3. The van der Waals surface area contributed by atoms with E-state index in [1.165, 1.54) is 0 Å². The molecule has 2 aromatic heterocycles. The van der Waals surface area contributed by atoms with Crippen molar-refractivity contribution < 1.29 is 4.42 Å². The van der Waals surface area contributed by atoms with E-state index in [1.54, 1.807) is 13.2 Å². The Morgan fingerprint density at radius 1 is 1.37 bits per heavy atom. The second kappa shape index (κ2) is 6.03. The summed E-state index contributed by atoms with van der Waals surface area (Å²) in [6.45, 7) is 4.95. The Balaban J connectivity index is 1.82. The standard InChI is InChI=1S/C12H18N6O/c1-8-9(2)19-11(17-8)7-15-12(13-3)14-6-10-4-5-16-18-10/h4-5H,6-7H2,1-3H3,(H,16,18)(H2,13,14,15). The van der Waals surface area contributed by atoms with E-state index in [1.807, 2.05) is 19.9 Å². The van der Waals surface area contributed by atoms with Gasteiger partial charge in [-0.05, 0) is 19.9 Å². The molecule has 7 heteroatoms. The van der Waals surface area contributed by atoms with Crippen molar-refractivity contribution in [2.45, 2.75) is 26.9 Å². The highest BCUT2D eigenvalue weighted by Crippen LogP contribution is 2.07. The normalized spacial score (nSPS) is 11.6. The minimum absolute atomic E-state index is 0.497. The fourth-order valence-electron chi connectivity index (χ4n) is 1.56. The minimum atomic E-state index is 0.497. The Bertz CT molecular complexity index is 523. The van der Waals surface area contributed by atoms with Gasteiger partial charge in [0, 0.05) is 13.2 Å². The van der Waals surface area contributed by atoms with Crippen molar-refractivity contribution in [2.75, 3.05) is 7.05 Å². The van der Waals surface area contributed by atoms with E-state index in [0.717, 1.165) is 17.1 Å². The summed E-state index contributed by atoms with van der Waals surface area (Å²) in [5.74, 6) is 2.18. The summed E-state index contributed by atoms with van der Waals surface area (Å²) >= 11 is 0. The molecule has 7 nitrogen and oxygen atoms in total. The molecule has 2 aromatic rings. The van der Waals surface area contributed by atoms with E-state index < -0.39 is 0 Å². The lowest BCUT2D eigenvalue weighted by Crippen LogP contribution is -2.36. The molecule has 0 saturated carbocycles. The van der Waals surface area contributed by atoms with E-state index in [2.05, 4.69) is 30.8 Å². The number of rotatable bonds is 4. The first-order valence-corrected chi connectivity index (χ1v) is 6.04. The van der Waals surface area contributed by atoms with Crippen LogP contribution in [0, 0.1) is 13.8 Å². The maximum atomic E-state index is 5.49. The molecule has 102 valence electrons. The van der Waals surface area contributed by atoms with E-state index in [4.69, 9.17) is 4.42 Å². The smallest absolute Gasteiger partial charge is 0.214 e. The van der Waals surface area contributed by atoms with Crippen molar-refractivity contribution in [1.82, 2.24) is 25.8 Å². The Morgan fingerprint density at radius 3 is 2.74 bits per heavy atom. The number of oxazole rings is 1. The monoisotopic (exact) mass is 262 g/mol. The van der Waals surface area contributed by atoms with Gasteiger partial charge in [-0.3, -0.25) is 10.1 Å². The van der Waals surface area contributed by atoms with Gasteiger partial charge < -0.3 is 15.1 Å². The molecule has 0 atom stereocenters. The van der Waals surface area contributed by atoms with Gasteiger partial charge in [-0.1, -0.05) is 0 Å². The van der Waals surface area contributed by atoms with Crippen molar-refractivity contribution in [1.29, 1.82) is 0 Å². The predicted molar refractivity (Wildman–Crippen MR) is 71.6 cm³/mol. The van der Waals surface area contributed by atoms with Crippen LogP contribution in [-0.4, -0.2) is 28.2 Å². The number of aliphatic imine (C=N–C) groups is 1. The molecule has 3 N–H and O–H groups in total. The van der Waals surface area contributed by atoms with Crippen LogP contribution in [-0.2, 0) is 13.1 Å². The molecular weight excluding hydrogens is 244 g/mol. The minimum Gasteiger partial charge on any atom is -0.444 e. The first-order chi connectivity index (χ1) is 9.19. The Morgan fingerprint density at radius 2 is 2.16 bits per heavy atom. The molecule has 2 heterocycles. The molecular formula is C12H18N6O. The third kappa shape index (κ3) is 3.57. The topological polar surface area (TPSA) is 91.1 Å². The van der Waals surface area contributed by atoms with Gasteiger partial charge in [-0.25, -0.2) is 4.98 Å². The highest BCUT2D eigenvalue weighted by Gasteiger charge is 2.06. The fourth-order valence-corrected chi connectivity index (χ4v) is 1.56. The molecule has 0 aliphatic carbocycles. The van der Waals surface area contributed by atoms with Crippen LogP contribution in [0.4, 0.5) is 0 Å². The SMILES string of the molecule is CN=C(NCc1ccn[nH]1)NCc1nc(C)c(C)o1. The molecule has 0 spiro atoms. The molecule has 19 heavy (non-hydrogen) atoms. The van der Waals surface area contributed by atoms with Gasteiger partial charge in [0.2, 0.25) is 5.89 Å². The largest absolute Gasteiger partial charge is 0.444 e. The number of aromatic amines is 1. The summed E-state index contributed by atoms with van der Waals surface area (Å²) in [4.78, 5) is 8.42. The molecule has 0 bridgehead atoms. The van der Waals surface area contributed by atoms with Gasteiger partial charge >= 0.3 is 0 Å². The number of hydrogen-bond donors (Lipinski definition) is 3. The zero-order valence-corrected chi connectivity index (χ0v) is 11.3. The van der Waals surface area contributed by atoms with Crippen molar-refractivity contribution in [3.05, 3.63) is 35.3 Å². The summed E-state index contributed by atoms with van der Waals surface area (Å²) in [5, 5.41) is 13.1. The lowest BCUT2D eigenvalue weighted by Gasteiger charge is -2.09. The zero-order valence-electron chi connectivity index (χ0n) is 11.3. The number of nitrogens with zero attached hydrogens (tertiary/aromatic N) is 3. The van der Waals surface area contributed by atoms with Crippen LogP contribution in [0.1, 0.15) is 23.0 Å². The van der Waals surface area contributed by atoms with Gasteiger partial charge in [0.25, 0.3) is 0 Å². The van der Waals surface area contributed by atoms with Crippen molar-refractivity contribution in [2.24, 2.45) is 4.99 Å². The number of hydrogen-bond acceptors (Lipinski definition) is 4. The molecule has 0 saturated heterocycles. The zero-order chi connectivity index (χ0) is 13.7. The summed E-state index contributed by atoms with van der Waals surface area (Å²) in [5.41, 5.74) is 1.91. The number of guanidine groups is 1. The summed E-state index contributed by atoms with van der Waals surface area (Å²) in [6, 6.07) is 1.90. The number of aryl methyl sites for hydroxylation is 2. The first kappa shape index (κ1) is 13.1. The van der Waals surface area contributed by atoms with Gasteiger partial charge in [-0.2, -0.15) is 5.10 Å². The maximum Gasteiger partial charge on any atom is 0.214 e. The van der Waals surface area contributed by atoms with E-state index in [0.29, 0.717) is 24.9 Å². The van der Waals surface area contributed by atoms with Crippen LogP contribution in [0.2, 0.25) is 0 Å².